The number of hydrogen-bond donors (Lipinski definition) is 1. The second kappa shape index (κ2) is 8.12. The van der Waals surface area contributed by atoms with Crippen molar-refractivity contribution in [2.75, 3.05) is 0 Å². The molecule has 6 nitrogen and oxygen atoms in total. The molecule has 0 saturated carbocycles. The number of hydrogen-bond acceptors (Lipinski definition) is 5. The van der Waals surface area contributed by atoms with Crippen LogP contribution in [0.5, 0.6) is 0 Å². The Morgan fingerprint density at radius 3 is 2.54 bits per heavy atom. The van der Waals surface area contributed by atoms with E-state index in [1.165, 1.54) is 36.8 Å². The highest BCUT2D eigenvalue weighted by atomic mass is 32.2. The number of carbonyl (C=O) groups excluding carboxylic acids is 1. The molecule has 24 heavy (non-hydrogen) atoms. The Kier molecular flexibility index (Phi) is 6.16. The maximum Gasteiger partial charge on any atom is 0.261 e. The molecule has 0 fully saturated rings. The van der Waals surface area contributed by atoms with Crippen LogP contribution in [0.3, 0.4) is 0 Å². The van der Waals surface area contributed by atoms with E-state index in [4.69, 9.17) is 0 Å². The minimum atomic E-state index is -3.98. The second-order valence-corrected chi connectivity index (χ2v) is 7.13. The second-order valence-electron chi connectivity index (χ2n) is 5.65. The fourth-order valence-corrected chi connectivity index (χ4v) is 3.12. The molecule has 0 spiro atoms. The molecule has 7 heteroatoms. The number of primary sulfonamides is 1. The highest BCUT2D eigenvalue weighted by Crippen LogP contribution is 2.33. The van der Waals surface area contributed by atoms with Gasteiger partial charge in [-0.05, 0) is 17.5 Å². The number of nitrogens with zero attached hydrogens (tertiary/aromatic N) is 2. The zero-order chi connectivity index (χ0) is 17.6. The third-order valence-electron chi connectivity index (χ3n) is 3.83. The van der Waals surface area contributed by atoms with Crippen molar-refractivity contribution in [2.24, 2.45) is 15.3 Å². The van der Waals surface area contributed by atoms with Crippen molar-refractivity contribution >= 4 is 33.1 Å². The van der Waals surface area contributed by atoms with Crippen molar-refractivity contribution in [3.05, 3.63) is 41.5 Å². The average molecular weight is 347 g/mol. The van der Waals surface area contributed by atoms with E-state index in [-0.39, 0.29) is 0 Å². The maximum absolute atomic E-state index is 10.5. The first-order chi connectivity index (χ1) is 11.4. The minimum Gasteiger partial charge on any atom is -0.285 e. The van der Waals surface area contributed by atoms with Crippen LogP contribution in [0.1, 0.15) is 49.7 Å². The Hall–Kier alpha value is -2.12. The lowest BCUT2D eigenvalue weighted by molar-refractivity contribution is -0.106. The van der Waals surface area contributed by atoms with E-state index < -0.39 is 20.9 Å². The van der Waals surface area contributed by atoms with Crippen LogP contribution in [0, 0.1) is 0 Å². The Morgan fingerprint density at radius 2 is 1.96 bits per heavy atom. The van der Waals surface area contributed by atoms with Gasteiger partial charge in [0.05, 0.1) is 0 Å². The molecule has 1 aliphatic heterocycles. The minimum absolute atomic E-state index is 0.692. The molecule has 1 aliphatic carbocycles. The molecule has 1 heterocycles. The average Bonchev–Trinajstić information content (AvgIpc) is 3.14. The quantitative estimate of drug-likeness (QED) is 0.847. The smallest absolute Gasteiger partial charge is 0.261 e. The van der Waals surface area contributed by atoms with Gasteiger partial charge in [0.25, 0.3) is 10.0 Å². The van der Waals surface area contributed by atoms with Gasteiger partial charge in [-0.3, -0.25) is 4.79 Å². The lowest BCUT2D eigenvalue weighted by Gasteiger charge is -2.09. The van der Waals surface area contributed by atoms with Gasteiger partial charge >= 0.3 is 0 Å². The van der Waals surface area contributed by atoms with E-state index in [9.17, 15) is 13.2 Å². The van der Waals surface area contributed by atoms with Crippen LogP contribution < -0.4 is 5.14 Å². The number of nitrogens with two attached hydrogens (primary N) is 1. The van der Waals surface area contributed by atoms with Crippen LogP contribution >= 0.6 is 0 Å². The van der Waals surface area contributed by atoms with Gasteiger partial charge < -0.3 is 0 Å². The highest BCUT2D eigenvalue weighted by Gasteiger charge is 2.24. The largest absolute Gasteiger partial charge is 0.285 e. The lowest BCUT2D eigenvalue weighted by Crippen LogP contribution is -2.28. The van der Waals surface area contributed by atoms with E-state index in [0.29, 0.717) is 5.92 Å². The standard InChI is InChI=1S/C14H18.C3H3N3O3S/c1-2-3-4-7-12-10-11-13-8-5-6-9-14(12)13;4-10(8,9)3-2(7)1-5-6-3/h5-6,8-12H,2-4,7H2,1H3;1H,(H2,4,8,9). The Labute approximate surface area is 142 Å². The third-order valence-corrected chi connectivity index (χ3v) is 4.65. The van der Waals surface area contributed by atoms with Crippen LogP contribution in [0.4, 0.5) is 0 Å². The van der Waals surface area contributed by atoms with Crippen LogP contribution in [-0.2, 0) is 14.8 Å². The van der Waals surface area contributed by atoms with Gasteiger partial charge in [-0.25, -0.2) is 13.6 Å². The fraction of sp³-hybridized carbons (Fsp3) is 0.353. The topological polar surface area (TPSA) is 102 Å². The first-order valence-electron chi connectivity index (χ1n) is 7.88. The van der Waals surface area contributed by atoms with E-state index in [1.807, 2.05) is 0 Å². The summed E-state index contributed by atoms with van der Waals surface area (Å²) in [5.41, 5.74) is 2.96. The molecule has 1 atom stereocenters. The monoisotopic (exact) mass is 347 g/mol. The summed E-state index contributed by atoms with van der Waals surface area (Å²) in [5, 5.41) is 9.95. The number of allylic oxidation sites excluding steroid dienone is 1. The van der Waals surface area contributed by atoms with Crippen molar-refractivity contribution in [3.63, 3.8) is 0 Å². The predicted octanol–water partition coefficient (Wildman–Crippen LogP) is 2.62. The van der Waals surface area contributed by atoms with E-state index in [0.717, 1.165) is 6.21 Å². The van der Waals surface area contributed by atoms with Gasteiger partial charge in [0.1, 0.15) is 6.21 Å². The molecule has 128 valence electrons. The first-order valence-corrected chi connectivity index (χ1v) is 9.43. The van der Waals surface area contributed by atoms with Crippen LogP contribution in [0.2, 0.25) is 0 Å². The van der Waals surface area contributed by atoms with Crippen LogP contribution in [-0.4, -0.2) is 25.5 Å². The molecule has 3 rings (SSSR count). The summed E-state index contributed by atoms with van der Waals surface area (Å²) < 4.78 is 20.8. The number of sulfonamides is 1. The van der Waals surface area contributed by atoms with E-state index in [1.54, 1.807) is 0 Å². The molecular formula is C17H21N3O3S. The van der Waals surface area contributed by atoms with Gasteiger partial charge in [-0.15, -0.1) is 5.10 Å². The van der Waals surface area contributed by atoms with Gasteiger partial charge in [0.2, 0.25) is 10.8 Å². The number of carbonyl (C=O) groups is 1. The molecule has 0 amide bonds. The van der Waals surface area contributed by atoms with Gasteiger partial charge in [0, 0.05) is 5.92 Å². The summed E-state index contributed by atoms with van der Waals surface area (Å²) in [6.07, 6.45) is 10.8. The van der Waals surface area contributed by atoms with E-state index >= 15 is 0 Å². The predicted molar refractivity (Wildman–Crippen MR) is 96.4 cm³/mol. The number of benzene rings is 1. The van der Waals surface area contributed by atoms with Crippen LogP contribution in [0.15, 0.2) is 40.5 Å². The summed E-state index contributed by atoms with van der Waals surface area (Å²) >= 11 is 0. The number of Topliss-reactive ketones (excluding diaryl/α,β-unsaturated/α-hetero) is 1. The molecule has 1 aromatic rings. The molecule has 0 bridgehead atoms. The zero-order valence-electron chi connectivity index (χ0n) is 13.6. The van der Waals surface area contributed by atoms with E-state index in [2.05, 4.69) is 58.7 Å². The molecule has 0 radical (unpaired) electrons. The normalized spacial score (nSPS) is 18.2. The van der Waals surface area contributed by atoms with Crippen molar-refractivity contribution in [3.8, 4) is 0 Å². The lowest BCUT2D eigenvalue weighted by atomic mass is 9.95. The number of unbranched alkanes of at least 4 members (excludes halogenated alkanes) is 2. The fourth-order valence-electron chi connectivity index (χ4n) is 2.63. The zero-order valence-corrected chi connectivity index (χ0v) is 14.4. The number of rotatable bonds is 4. The summed E-state index contributed by atoms with van der Waals surface area (Å²) in [4.78, 5) is 10.5. The summed E-state index contributed by atoms with van der Waals surface area (Å²) in [5.74, 6) is -0.0831. The van der Waals surface area contributed by atoms with Gasteiger partial charge in [-0.1, -0.05) is 62.6 Å². The number of fused-ring (bicyclic) bond motifs is 1. The summed E-state index contributed by atoms with van der Waals surface area (Å²) in [7, 11) is -3.98. The van der Waals surface area contributed by atoms with Crippen molar-refractivity contribution in [2.45, 2.75) is 38.5 Å². The van der Waals surface area contributed by atoms with Crippen molar-refractivity contribution in [1.82, 2.24) is 0 Å². The molecule has 0 saturated heterocycles. The Bertz CT molecular complexity index is 795. The molecule has 2 N–H and O–H groups in total. The number of ketones is 1. The molecule has 2 aliphatic rings. The highest BCUT2D eigenvalue weighted by molar-refractivity contribution is 8.06. The summed E-state index contributed by atoms with van der Waals surface area (Å²) in [6, 6.07) is 8.76. The Balaban J connectivity index is 0.000000185. The SMILES string of the molecule is CCCCCC1C=Cc2ccccc21.NS(=O)(=O)C1=NN=CC1=O. The molecule has 1 aromatic carbocycles. The molecular weight excluding hydrogens is 326 g/mol. The molecule has 1 unspecified atom stereocenters. The first kappa shape index (κ1) is 18.2. The molecule has 0 aromatic heterocycles. The van der Waals surface area contributed by atoms with Gasteiger partial charge in [0.15, 0.2) is 0 Å². The maximum atomic E-state index is 10.5. The van der Waals surface area contributed by atoms with Crippen molar-refractivity contribution < 1.29 is 13.2 Å². The third kappa shape index (κ3) is 4.69. The van der Waals surface area contributed by atoms with Crippen molar-refractivity contribution in [1.29, 1.82) is 0 Å². The van der Waals surface area contributed by atoms with Crippen LogP contribution in [0.25, 0.3) is 6.08 Å². The Morgan fingerprint density at radius 1 is 1.21 bits per heavy atom. The van der Waals surface area contributed by atoms with Gasteiger partial charge in [-0.2, -0.15) is 5.10 Å². The summed E-state index contributed by atoms with van der Waals surface area (Å²) in [6.45, 7) is 2.26.